The first-order valence-electron chi connectivity index (χ1n) is 5.96. The van der Waals surface area contributed by atoms with Crippen molar-refractivity contribution in [3.8, 4) is 0 Å². The molecule has 3 rings (SSSR count). The summed E-state index contributed by atoms with van der Waals surface area (Å²) in [4.78, 5) is 7.87. The second kappa shape index (κ2) is 3.63. The van der Waals surface area contributed by atoms with Crippen LogP contribution in [0.2, 0.25) is 0 Å². The molecule has 0 saturated heterocycles. The van der Waals surface area contributed by atoms with Crippen LogP contribution in [0.15, 0.2) is 16.8 Å². The molecule has 0 aromatic rings. The molecule has 3 nitrogen and oxygen atoms in total. The van der Waals surface area contributed by atoms with Gasteiger partial charge in [-0.05, 0) is 38.3 Å². The van der Waals surface area contributed by atoms with Crippen LogP contribution in [-0.2, 0) is 4.84 Å². The molecule has 1 fully saturated rings. The summed E-state index contributed by atoms with van der Waals surface area (Å²) in [6, 6.07) is 0. The molecule has 1 saturated carbocycles. The zero-order chi connectivity index (χ0) is 10.3. The Labute approximate surface area is 90.8 Å². The Bertz CT molecular complexity index is 322. The predicted molar refractivity (Wildman–Crippen MR) is 59.8 cm³/mol. The lowest BCUT2D eigenvalue weighted by atomic mass is 9.92. The Morgan fingerprint density at radius 1 is 1.47 bits per heavy atom. The Morgan fingerprint density at radius 2 is 2.40 bits per heavy atom. The molecule has 2 aliphatic heterocycles. The fourth-order valence-corrected chi connectivity index (χ4v) is 2.93. The highest BCUT2D eigenvalue weighted by atomic mass is 16.6. The van der Waals surface area contributed by atoms with Gasteiger partial charge in [0.15, 0.2) is 0 Å². The van der Waals surface area contributed by atoms with Crippen molar-refractivity contribution in [1.82, 2.24) is 4.90 Å². The van der Waals surface area contributed by atoms with Crippen LogP contribution < -0.4 is 0 Å². The fourth-order valence-electron chi connectivity index (χ4n) is 2.93. The average Bonchev–Trinajstić information content (AvgIpc) is 2.77. The van der Waals surface area contributed by atoms with Crippen molar-refractivity contribution < 1.29 is 4.84 Å². The highest BCUT2D eigenvalue weighted by molar-refractivity contribution is 6.03. The normalized spacial score (nSPS) is 35.8. The predicted octanol–water partition coefficient (Wildman–Crippen LogP) is 1.80. The molecule has 0 aromatic carbocycles. The fraction of sp³-hybridized carbons (Fsp3) is 0.750. The van der Waals surface area contributed by atoms with Crippen LogP contribution in [-0.4, -0.2) is 36.9 Å². The summed E-state index contributed by atoms with van der Waals surface area (Å²) < 4.78 is 0. The monoisotopic (exact) mass is 206 g/mol. The van der Waals surface area contributed by atoms with E-state index in [4.69, 9.17) is 4.84 Å². The van der Waals surface area contributed by atoms with Crippen LogP contribution in [0.3, 0.4) is 0 Å². The van der Waals surface area contributed by atoms with Crippen molar-refractivity contribution in [3.63, 3.8) is 0 Å². The van der Waals surface area contributed by atoms with E-state index in [1.165, 1.54) is 37.1 Å². The number of likely N-dealkylation sites (N-methyl/N-ethyl adjacent to an activating group) is 1. The van der Waals surface area contributed by atoms with Crippen LogP contribution in [0.1, 0.15) is 25.7 Å². The molecule has 15 heavy (non-hydrogen) atoms. The largest absolute Gasteiger partial charge is 0.392 e. The number of rotatable bonds is 1. The van der Waals surface area contributed by atoms with E-state index in [1.54, 1.807) is 0 Å². The number of fused-ring (bicyclic) bond motifs is 1. The molecular formula is C12H18N2O. The van der Waals surface area contributed by atoms with Crippen LogP contribution in [0.4, 0.5) is 0 Å². The third kappa shape index (κ3) is 1.59. The lowest BCUT2D eigenvalue weighted by molar-refractivity contribution is 0.0746. The van der Waals surface area contributed by atoms with E-state index in [0.29, 0.717) is 12.0 Å². The minimum atomic E-state index is 0.396. The molecule has 0 unspecified atom stereocenters. The maximum absolute atomic E-state index is 5.51. The van der Waals surface area contributed by atoms with Crippen LogP contribution in [0.25, 0.3) is 0 Å². The molecule has 2 atom stereocenters. The number of oxime groups is 1. The van der Waals surface area contributed by atoms with Crippen molar-refractivity contribution in [2.75, 3.05) is 20.1 Å². The van der Waals surface area contributed by atoms with Gasteiger partial charge in [0.1, 0.15) is 6.10 Å². The van der Waals surface area contributed by atoms with Crippen molar-refractivity contribution in [1.29, 1.82) is 0 Å². The summed E-state index contributed by atoms with van der Waals surface area (Å²) in [6.07, 6.45) is 7.67. The average molecular weight is 206 g/mol. The molecule has 0 aromatic heterocycles. The van der Waals surface area contributed by atoms with Gasteiger partial charge in [-0.3, -0.25) is 0 Å². The Kier molecular flexibility index (Phi) is 2.28. The molecule has 0 N–H and O–H groups in total. The van der Waals surface area contributed by atoms with Gasteiger partial charge in [0, 0.05) is 19.0 Å². The second-order valence-corrected chi connectivity index (χ2v) is 4.91. The van der Waals surface area contributed by atoms with E-state index in [0.717, 1.165) is 13.0 Å². The van der Waals surface area contributed by atoms with E-state index < -0.39 is 0 Å². The van der Waals surface area contributed by atoms with Gasteiger partial charge in [0.05, 0.1) is 5.71 Å². The number of hydrogen-bond acceptors (Lipinski definition) is 3. The molecule has 82 valence electrons. The van der Waals surface area contributed by atoms with Gasteiger partial charge in [0.2, 0.25) is 0 Å². The van der Waals surface area contributed by atoms with E-state index >= 15 is 0 Å². The maximum Gasteiger partial charge on any atom is 0.136 e. The molecular weight excluding hydrogens is 188 g/mol. The van der Waals surface area contributed by atoms with Crippen LogP contribution in [0, 0.1) is 5.92 Å². The summed E-state index contributed by atoms with van der Waals surface area (Å²) in [5.74, 6) is 0.600. The van der Waals surface area contributed by atoms with E-state index in [-0.39, 0.29) is 0 Å². The highest BCUT2D eigenvalue weighted by Crippen LogP contribution is 2.36. The molecule has 0 bridgehead atoms. The standard InChI is InChI=1S/C12H18N2O/c1-14-7-3-4-9(8-14)12-10-5-2-6-11(10)15-13-12/h4,10-11H,2-3,5-8H2,1H3/t10-,11+/m0/s1. The Hall–Kier alpha value is -0.830. The molecule has 3 heteroatoms. The van der Waals surface area contributed by atoms with Crippen molar-refractivity contribution in [3.05, 3.63) is 11.6 Å². The summed E-state index contributed by atoms with van der Waals surface area (Å²) in [5, 5.41) is 4.30. The zero-order valence-electron chi connectivity index (χ0n) is 9.28. The number of nitrogens with zero attached hydrogens (tertiary/aromatic N) is 2. The molecule has 0 amide bonds. The van der Waals surface area contributed by atoms with Gasteiger partial charge in [-0.1, -0.05) is 11.2 Å². The molecule has 3 aliphatic rings. The topological polar surface area (TPSA) is 24.8 Å². The van der Waals surface area contributed by atoms with Gasteiger partial charge in [-0.2, -0.15) is 0 Å². The quantitative estimate of drug-likeness (QED) is 0.653. The SMILES string of the molecule is CN1CCC=C(C2=NO[C@@H]3CCC[C@H]23)C1. The maximum atomic E-state index is 5.51. The third-order valence-electron chi connectivity index (χ3n) is 3.76. The summed E-state index contributed by atoms with van der Waals surface area (Å²) in [7, 11) is 2.18. The van der Waals surface area contributed by atoms with Crippen molar-refractivity contribution in [2.24, 2.45) is 11.1 Å². The lowest BCUT2D eigenvalue weighted by Gasteiger charge is -2.23. The molecule has 1 aliphatic carbocycles. The smallest absolute Gasteiger partial charge is 0.136 e. The first-order chi connectivity index (χ1) is 7.34. The highest BCUT2D eigenvalue weighted by Gasteiger charge is 2.39. The lowest BCUT2D eigenvalue weighted by Crippen LogP contribution is -2.31. The first kappa shape index (κ1) is 9.40. The van der Waals surface area contributed by atoms with Gasteiger partial charge in [-0.25, -0.2) is 0 Å². The van der Waals surface area contributed by atoms with E-state index in [2.05, 4.69) is 23.2 Å². The Morgan fingerprint density at radius 3 is 3.27 bits per heavy atom. The summed E-state index contributed by atoms with van der Waals surface area (Å²) >= 11 is 0. The summed E-state index contributed by atoms with van der Waals surface area (Å²) in [6.45, 7) is 2.22. The first-order valence-corrected chi connectivity index (χ1v) is 5.96. The van der Waals surface area contributed by atoms with Gasteiger partial charge < -0.3 is 9.74 Å². The van der Waals surface area contributed by atoms with E-state index in [1.807, 2.05) is 0 Å². The third-order valence-corrected chi connectivity index (χ3v) is 3.76. The molecule has 2 heterocycles. The van der Waals surface area contributed by atoms with Gasteiger partial charge in [0.25, 0.3) is 0 Å². The van der Waals surface area contributed by atoms with E-state index in [9.17, 15) is 0 Å². The van der Waals surface area contributed by atoms with Crippen LogP contribution >= 0.6 is 0 Å². The van der Waals surface area contributed by atoms with Gasteiger partial charge >= 0.3 is 0 Å². The Balaban J connectivity index is 1.79. The zero-order valence-corrected chi connectivity index (χ0v) is 9.28. The summed E-state index contributed by atoms with van der Waals surface area (Å²) in [5.41, 5.74) is 2.67. The van der Waals surface area contributed by atoms with Crippen molar-refractivity contribution in [2.45, 2.75) is 31.8 Å². The second-order valence-electron chi connectivity index (χ2n) is 4.91. The minimum absolute atomic E-state index is 0.396. The van der Waals surface area contributed by atoms with Crippen LogP contribution in [0.5, 0.6) is 0 Å². The molecule has 0 spiro atoms. The minimum Gasteiger partial charge on any atom is -0.392 e. The molecule has 0 radical (unpaired) electrons. The number of hydrogen-bond donors (Lipinski definition) is 0. The van der Waals surface area contributed by atoms with Gasteiger partial charge in [-0.15, -0.1) is 0 Å². The van der Waals surface area contributed by atoms with Crippen molar-refractivity contribution >= 4 is 5.71 Å².